The molecule has 0 bridgehead atoms. The van der Waals surface area contributed by atoms with E-state index in [4.69, 9.17) is 4.99 Å². The Morgan fingerprint density at radius 2 is 1.55 bits per heavy atom. The molecule has 22 heavy (non-hydrogen) atoms. The Labute approximate surface area is 134 Å². The van der Waals surface area contributed by atoms with Gasteiger partial charge in [0.2, 0.25) is 0 Å². The normalized spacial score (nSPS) is 18.3. The average molecular weight is 291 g/mol. The quantitative estimate of drug-likeness (QED) is 0.699. The number of hydrogen-bond donors (Lipinski definition) is 0. The molecule has 1 aliphatic rings. The van der Waals surface area contributed by atoms with Gasteiger partial charge in [0, 0.05) is 5.41 Å². The Morgan fingerprint density at radius 3 is 2.00 bits per heavy atom. The third-order valence-electron chi connectivity index (χ3n) is 4.89. The summed E-state index contributed by atoms with van der Waals surface area (Å²) < 4.78 is 0. The maximum absolute atomic E-state index is 4.95. The average Bonchev–Trinajstić information content (AvgIpc) is 2.62. The van der Waals surface area contributed by atoms with Crippen molar-refractivity contribution in [1.82, 2.24) is 0 Å². The summed E-state index contributed by atoms with van der Waals surface area (Å²) in [6.45, 7) is 2.28. The van der Waals surface area contributed by atoms with Crippen LogP contribution in [0.3, 0.4) is 0 Å². The fraction of sp³-hybridized carbons (Fsp3) is 0.381. The van der Waals surface area contributed by atoms with Gasteiger partial charge in [-0.05, 0) is 43.0 Å². The van der Waals surface area contributed by atoms with Crippen LogP contribution in [0.2, 0.25) is 0 Å². The molecule has 1 atom stereocenters. The molecule has 3 rings (SSSR count). The second-order valence-electron chi connectivity index (χ2n) is 6.23. The molecule has 0 N–H and O–H groups in total. The first-order chi connectivity index (χ1) is 10.9. The maximum Gasteiger partial charge on any atom is 0.0633 e. The fourth-order valence-corrected chi connectivity index (χ4v) is 3.92. The van der Waals surface area contributed by atoms with E-state index in [1.54, 1.807) is 0 Å². The third kappa shape index (κ3) is 2.72. The summed E-state index contributed by atoms with van der Waals surface area (Å²) in [7, 11) is 0. The van der Waals surface area contributed by atoms with Crippen molar-refractivity contribution in [2.24, 2.45) is 4.99 Å². The minimum Gasteiger partial charge on any atom is -0.293 e. The molecule has 1 aliphatic heterocycles. The molecule has 114 valence electrons. The molecule has 2 aromatic rings. The second kappa shape index (κ2) is 6.91. The van der Waals surface area contributed by atoms with Crippen LogP contribution in [0, 0.1) is 0 Å². The van der Waals surface area contributed by atoms with E-state index in [0.29, 0.717) is 6.04 Å². The molecular weight excluding hydrogens is 266 g/mol. The first kappa shape index (κ1) is 15.0. The van der Waals surface area contributed by atoms with Crippen LogP contribution in [0.4, 0.5) is 0 Å². The van der Waals surface area contributed by atoms with Crippen molar-refractivity contribution in [1.29, 1.82) is 0 Å². The highest BCUT2D eigenvalue weighted by Crippen LogP contribution is 2.43. The SMILES string of the molecule is CCCC(c1ccccc1)(c1ccccc1)C1CCCC=N1. The van der Waals surface area contributed by atoms with Gasteiger partial charge >= 0.3 is 0 Å². The third-order valence-corrected chi connectivity index (χ3v) is 4.89. The number of aliphatic imine (C=N–C) groups is 1. The molecule has 1 nitrogen and oxygen atoms in total. The Balaban J connectivity index is 2.18. The van der Waals surface area contributed by atoms with Crippen LogP contribution in [-0.4, -0.2) is 12.3 Å². The molecule has 0 aliphatic carbocycles. The van der Waals surface area contributed by atoms with E-state index in [1.807, 2.05) is 0 Å². The molecule has 0 saturated carbocycles. The molecule has 0 fully saturated rings. The van der Waals surface area contributed by atoms with E-state index >= 15 is 0 Å². The summed E-state index contributed by atoms with van der Waals surface area (Å²) >= 11 is 0. The monoisotopic (exact) mass is 291 g/mol. The zero-order chi connectivity index (χ0) is 15.3. The Hall–Kier alpha value is -1.89. The predicted molar refractivity (Wildman–Crippen MR) is 94.7 cm³/mol. The molecule has 0 aromatic heterocycles. The minimum absolute atomic E-state index is 0.00812. The van der Waals surface area contributed by atoms with Gasteiger partial charge in [0.25, 0.3) is 0 Å². The van der Waals surface area contributed by atoms with Crippen molar-refractivity contribution in [3.63, 3.8) is 0 Å². The number of hydrogen-bond acceptors (Lipinski definition) is 1. The lowest BCUT2D eigenvalue weighted by Gasteiger charge is -2.41. The first-order valence-corrected chi connectivity index (χ1v) is 8.50. The van der Waals surface area contributed by atoms with Crippen LogP contribution < -0.4 is 0 Å². The standard InChI is InChI=1S/C21H25N/c1-2-16-21(18-11-5-3-6-12-18,19-13-7-4-8-14-19)20-15-9-10-17-22-20/h3-8,11-14,17,20H,2,9-10,15-16H2,1H3. The molecular formula is C21H25N. The molecule has 0 spiro atoms. The van der Waals surface area contributed by atoms with Gasteiger partial charge in [-0.3, -0.25) is 4.99 Å². The summed E-state index contributed by atoms with van der Waals surface area (Å²) in [5.41, 5.74) is 2.83. The minimum atomic E-state index is 0.00812. The largest absolute Gasteiger partial charge is 0.293 e. The van der Waals surface area contributed by atoms with Gasteiger partial charge in [-0.15, -0.1) is 0 Å². The van der Waals surface area contributed by atoms with Crippen LogP contribution >= 0.6 is 0 Å². The van der Waals surface area contributed by atoms with Crippen molar-refractivity contribution in [3.05, 3.63) is 71.8 Å². The lowest BCUT2D eigenvalue weighted by molar-refractivity contribution is 0.350. The van der Waals surface area contributed by atoms with Crippen LogP contribution in [0.25, 0.3) is 0 Å². The van der Waals surface area contributed by atoms with Crippen molar-refractivity contribution in [3.8, 4) is 0 Å². The summed E-state index contributed by atoms with van der Waals surface area (Å²) in [4.78, 5) is 4.95. The van der Waals surface area contributed by atoms with Crippen molar-refractivity contribution < 1.29 is 0 Å². The molecule has 0 saturated heterocycles. The lowest BCUT2D eigenvalue weighted by atomic mass is 9.65. The molecule has 1 heteroatoms. The zero-order valence-corrected chi connectivity index (χ0v) is 13.4. The number of nitrogens with zero attached hydrogens (tertiary/aromatic N) is 1. The predicted octanol–water partition coefficient (Wildman–Crippen LogP) is 5.40. The van der Waals surface area contributed by atoms with Gasteiger partial charge in [-0.25, -0.2) is 0 Å². The summed E-state index contributed by atoms with van der Waals surface area (Å²) in [5.74, 6) is 0. The Morgan fingerprint density at radius 1 is 0.955 bits per heavy atom. The van der Waals surface area contributed by atoms with E-state index in [-0.39, 0.29) is 5.41 Å². The summed E-state index contributed by atoms with van der Waals surface area (Å²) in [5, 5.41) is 0. The van der Waals surface area contributed by atoms with Gasteiger partial charge < -0.3 is 0 Å². The highest BCUT2D eigenvalue weighted by molar-refractivity contribution is 5.59. The molecule has 2 aromatic carbocycles. The second-order valence-corrected chi connectivity index (χ2v) is 6.23. The van der Waals surface area contributed by atoms with Crippen LogP contribution in [0.15, 0.2) is 65.7 Å². The topological polar surface area (TPSA) is 12.4 Å². The van der Waals surface area contributed by atoms with Gasteiger partial charge in [0.1, 0.15) is 0 Å². The molecule has 0 radical (unpaired) electrons. The van der Waals surface area contributed by atoms with E-state index in [2.05, 4.69) is 73.8 Å². The Bertz CT molecular complexity index is 561. The summed E-state index contributed by atoms with van der Waals surface area (Å²) in [6, 6.07) is 22.4. The van der Waals surface area contributed by atoms with Gasteiger partial charge in [0.05, 0.1) is 6.04 Å². The lowest BCUT2D eigenvalue weighted by Crippen LogP contribution is -2.40. The highest BCUT2D eigenvalue weighted by atomic mass is 14.8. The van der Waals surface area contributed by atoms with Crippen LogP contribution in [0.1, 0.15) is 50.2 Å². The summed E-state index contributed by atoms with van der Waals surface area (Å²) in [6.07, 6.45) is 8.01. The van der Waals surface area contributed by atoms with E-state index in [1.165, 1.54) is 24.0 Å². The van der Waals surface area contributed by atoms with Gasteiger partial charge in [-0.2, -0.15) is 0 Å². The van der Waals surface area contributed by atoms with E-state index < -0.39 is 0 Å². The maximum atomic E-state index is 4.95. The van der Waals surface area contributed by atoms with E-state index in [9.17, 15) is 0 Å². The van der Waals surface area contributed by atoms with Crippen molar-refractivity contribution in [2.45, 2.75) is 50.5 Å². The van der Waals surface area contributed by atoms with Gasteiger partial charge in [-0.1, -0.05) is 74.0 Å². The number of benzene rings is 2. The Kier molecular flexibility index (Phi) is 4.72. The molecule has 1 unspecified atom stereocenters. The van der Waals surface area contributed by atoms with Crippen LogP contribution in [-0.2, 0) is 5.41 Å². The molecule has 0 amide bonds. The zero-order valence-electron chi connectivity index (χ0n) is 13.4. The number of rotatable bonds is 5. The first-order valence-electron chi connectivity index (χ1n) is 8.50. The van der Waals surface area contributed by atoms with E-state index in [0.717, 1.165) is 19.3 Å². The fourth-order valence-electron chi connectivity index (χ4n) is 3.92. The van der Waals surface area contributed by atoms with Crippen LogP contribution in [0.5, 0.6) is 0 Å². The van der Waals surface area contributed by atoms with Crippen molar-refractivity contribution in [2.75, 3.05) is 0 Å². The molecule has 1 heterocycles. The van der Waals surface area contributed by atoms with Crippen molar-refractivity contribution >= 4 is 6.21 Å². The highest BCUT2D eigenvalue weighted by Gasteiger charge is 2.41. The smallest absolute Gasteiger partial charge is 0.0633 e. The van der Waals surface area contributed by atoms with Gasteiger partial charge in [0.15, 0.2) is 0 Å².